The van der Waals surface area contributed by atoms with Crippen LogP contribution in [-0.2, 0) is 16.1 Å². The standard InChI is InChI=1S/C32H36FN5O4/c1-19-28(16-26-25-15-22(33)8-11-27(25)37-31(26)40)35-20(2)30(19)32(41)36-23-12-14-38(18-23)29(39)5-4-13-34-17-21-6-9-24(42-3)10-7-21/h6-11,15-16,23,34-35H,4-5,12-14,17-18H2,1-3H3,(H,36,41)(H,37,40)/b26-16-/t23-/m0/s1. The van der Waals surface area contributed by atoms with Crippen molar-refractivity contribution >= 4 is 35.1 Å². The zero-order valence-electron chi connectivity index (χ0n) is 24.1. The van der Waals surface area contributed by atoms with Crippen molar-refractivity contribution < 1.29 is 23.5 Å². The summed E-state index contributed by atoms with van der Waals surface area (Å²) in [4.78, 5) is 43.6. The molecule has 9 nitrogen and oxygen atoms in total. The summed E-state index contributed by atoms with van der Waals surface area (Å²) < 4.78 is 19.0. The lowest BCUT2D eigenvalue weighted by molar-refractivity contribution is -0.130. The molecule has 2 aliphatic heterocycles. The molecule has 4 N–H and O–H groups in total. The largest absolute Gasteiger partial charge is 0.497 e. The number of hydrogen-bond acceptors (Lipinski definition) is 5. The third-order valence-electron chi connectivity index (χ3n) is 7.87. The van der Waals surface area contributed by atoms with Crippen molar-refractivity contribution in [1.29, 1.82) is 0 Å². The lowest BCUT2D eigenvalue weighted by Crippen LogP contribution is -2.38. The van der Waals surface area contributed by atoms with Crippen LogP contribution in [-0.4, -0.2) is 60.4 Å². The van der Waals surface area contributed by atoms with Gasteiger partial charge in [0.2, 0.25) is 5.91 Å². The van der Waals surface area contributed by atoms with Crippen molar-refractivity contribution in [3.05, 3.63) is 81.9 Å². The fraction of sp³-hybridized carbons (Fsp3) is 0.344. The Bertz CT molecular complexity index is 1530. The normalized spacial score (nSPS) is 17.0. The van der Waals surface area contributed by atoms with E-state index in [9.17, 15) is 18.8 Å². The number of nitrogens with one attached hydrogen (secondary N) is 4. The zero-order valence-corrected chi connectivity index (χ0v) is 24.1. The highest BCUT2D eigenvalue weighted by molar-refractivity contribution is 6.34. The lowest BCUT2D eigenvalue weighted by Gasteiger charge is -2.17. The molecular weight excluding hydrogens is 537 g/mol. The summed E-state index contributed by atoms with van der Waals surface area (Å²) in [6, 6.07) is 11.9. The van der Waals surface area contributed by atoms with Crippen molar-refractivity contribution in [2.24, 2.45) is 0 Å². The Labute approximate surface area is 244 Å². The number of carbonyl (C=O) groups is 3. The van der Waals surface area contributed by atoms with Gasteiger partial charge in [-0.1, -0.05) is 12.1 Å². The van der Waals surface area contributed by atoms with Gasteiger partial charge >= 0.3 is 0 Å². The SMILES string of the molecule is COc1ccc(CNCCCC(=O)N2CC[C@H](NC(=O)c3c(C)[nH]c(/C=C4\C(=O)Nc5ccc(F)cc54)c3C)C2)cc1. The molecule has 0 radical (unpaired) electrons. The number of fused-ring (bicyclic) bond motifs is 1. The van der Waals surface area contributed by atoms with Gasteiger partial charge in [-0.15, -0.1) is 0 Å². The first-order valence-electron chi connectivity index (χ1n) is 14.2. The lowest BCUT2D eigenvalue weighted by atomic mass is 10.0. The fourth-order valence-corrected chi connectivity index (χ4v) is 5.57. The molecule has 5 rings (SSSR count). The van der Waals surface area contributed by atoms with Crippen LogP contribution in [0.2, 0.25) is 0 Å². The number of benzene rings is 2. The van der Waals surface area contributed by atoms with E-state index < -0.39 is 5.82 Å². The average molecular weight is 574 g/mol. The first-order valence-corrected chi connectivity index (χ1v) is 14.2. The van der Waals surface area contributed by atoms with Gasteiger partial charge in [0.1, 0.15) is 11.6 Å². The van der Waals surface area contributed by atoms with Gasteiger partial charge in [0.05, 0.1) is 18.2 Å². The van der Waals surface area contributed by atoms with E-state index in [1.165, 1.54) is 18.2 Å². The molecule has 10 heteroatoms. The first kappa shape index (κ1) is 29.1. The monoisotopic (exact) mass is 573 g/mol. The van der Waals surface area contributed by atoms with E-state index in [-0.39, 0.29) is 23.8 Å². The maximum absolute atomic E-state index is 13.8. The number of amides is 3. The molecule has 3 aromatic rings. The number of rotatable bonds is 10. The van der Waals surface area contributed by atoms with E-state index >= 15 is 0 Å². The maximum Gasteiger partial charge on any atom is 0.256 e. The molecule has 42 heavy (non-hydrogen) atoms. The first-order chi connectivity index (χ1) is 20.2. The Hall–Kier alpha value is -4.44. The Morgan fingerprint density at radius 3 is 2.71 bits per heavy atom. The Balaban J connectivity index is 1.12. The molecule has 0 aliphatic carbocycles. The van der Waals surface area contributed by atoms with Gasteiger partial charge in [0.15, 0.2) is 0 Å². The van der Waals surface area contributed by atoms with Gasteiger partial charge in [-0.25, -0.2) is 4.39 Å². The van der Waals surface area contributed by atoms with E-state index in [4.69, 9.17) is 4.74 Å². The summed E-state index contributed by atoms with van der Waals surface area (Å²) in [6.45, 7) is 6.17. The van der Waals surface area contributed by atoms with Crippen LogP contribution < -0.4 is 20.7 Å². The van der Waals surface area contributed by atoms with E-state index in [1.54, 1.807) is 20.1 Å². The fourth-order valence-electron chi connectivity index (χ4n) is 5.57. The molecule has 0 spiro atoms. The Morgan fingerprint density at radius 2 is 1.95 bits per heavy atom. The molecule has 1 atom stereocenters. The second kappa shape index (κ2) is 12.6. The van der Waals surface area contributed by atoms with Crippen LogP contribution in [0, 0.1) is 19.7 Å². The average Bonchev–Trinajstić information content (AvgIpc) is 3.64. The number of hydrogen-bond donors (Lipinski definition) is 4. The molecule has 1 saturated heterocycles. The smallest absolute Gasteiger partial charge is 0.256 e. The van der Waals surface area contributed by atoms with Crippen molar-refractivity contribution in [2.45, 2.75) is 45.7 Å². The number of carbonyl (C=O) groups excluding carboxylic acids is 3. The number of aromatic amines is 1. The van der Waals surface area contributed by atoms with E-state index in [0.29, 0.717) is 65.3 Å². The second-order valence-corrected chi connectivity index (χ2v) is 10.8. The van der Waals surface area contributed by atoms with Gasteiger partial charge in [-0.3, -0.25) is 14.4 Å². The van der Waals surface area contributed by atoms with Crippen LogP contribution >= 0.6 is 0 Å². The molecule has 220 valence electrons. The highest BCUT2D eigenvalue weighted by Crippen LogP contribution is 2.34. The van der Waals surface area contributed by atoms with Crippen molar-refractivity contribution in [3.63, 3.8) is 0 Å². The predicted molar refractivity (Wildman–Crippen MR) is 160 cm³/mol. The number of halogens is 1. The predicted octanol–water partition coefficient (Wildman–Crippen LogP) is 4.17. The topological polar surface area (TPSA) is 116 Å². The van der Waals surface area contributed by atoms with E-state index in [1.807, 2.05) is 36.1 Å². The maximum atomic E-state index is 13.8. The van der Waals surface area contributed by atoms with Crippen LogP contribution in [0.15, 0.2) is 42.5 Å². The van der Waals surface area contributed by atoms with Gasteiger partial charge < -0.3 is 30.6 Å². The number of methoxy groups -OCH3 is 1. The molecule has 0 unspecified atom stereocenters. The summed E-state index contributed by atoms with van der Waals surface area (Å²) in [6.07, 6.45) is 3.53. The van der Waals surface area contributed by atoms with Crippen LogP contribution in [0.5, 0.6) is 5.75 Å². The van der Waals surface area contributed by atoms with Crippen molar-refractivity contribution in [2.75, 3.05) is 32.1 Å². The molecule has 1 fully saturated rings. The van der Waals surface area contributed by atoms with Crippen molar-refractivity contribution in [3.8, 4) is 5.75 Å². The van der Waals surface area contributed by atoms with E-state index in [0.717, 1.165) is 30.8 Å². The summed E-state index contributed by atoms with van der Waals surface area (Å²) in [5, 5.41) is 9.19. The minimum Gasteiger partial charge on any atom is -0.497 e. The van der Waals surface area contributed by atoms with Gasteiger partial charge in [0.25, 0.3) is 11.8 Å². The number of likely N-dealkylation sites (tertiary alicyclic amines) is 1. The highest BCUT2D eigenvalue weighted by atomic mass is 19.1. The van der Waals surface area contributed by atoms with Gasteiger partial charge in [-0.2, -0.15) is 0 Å². The van der Waals surface area contributed by atoms with Gasteiger partial charge in [0, 0.05) is 54.7 Å². The molecular formula is C32H36FN5O4. The quantitative estimate of drug-likeness (QED) is 0.215. The number of H-pyrrole nitrogens is 1. The molecule has 3 heterocycles. The number of nitrogens with zero attached hydrogens (tertiary/aromatic N) is 1. The minimum absolute atomic E-state index is 0.0903. The Morgan fingerprint density at radius 1 is 1.17 bits per heavy atom. The number of aromatic nitrogens is 1. The molecule has 0 saturated carbocycles. The number of anilines is 1. The van der Waals surface area contributed by atoms with Gasteiger partial charge in [-0.05, 0) is 80.8 Å². The second-order valence-electron chi connectivity index (χ2n) is 10.8. The van der Waals surface area contributed by atoms with E-state index in [2.05, 4.69) is 20.9 Å². The highest BCUT2D eigenvalue weighted by Gasteiger charge is 2.29. The van der Waals surface area contributed by atoms with Crippen LogP contribution in [0.3, 0.4) is 0 Å². The molecule has 1 aromatic heterocycles. The Kier molecular flexibility index (Phi) is 8.72. The minimum atomic E-state index is -0.430. The summed E-state index contributed by atoms with van der Waals surface area (Å²) >= 11 is 0. The summed E-state index contributed by atoms with van der Waals surface area (Å²) in [7, 11) is 1.64. The van der Waals surface area contributed by atoms with Crippen molar-refractivity contribution in [1.82, 2.24) is 20.5 Å². The zero-order chi connectivity index (χ0) is 29.8. The summed E-state index contributed by atoms with van der Waals surface area (Å²) in [5.74, 6) is -0.0638. The molecule has 0 bridgehead atoms. The number of ether oxygens (including phenoxy) is 1. The van der Waals surface area contributed by atoms with Crippen LogP contribution in [0.1, 0.15) is 57.7 Å². The molecule has 2 aromatic carbocycles. The molecule has 2 aliphatic rings. The third kappa shape index (κ3) is 6.38. The third-order valence-corrected chi connectivity index (χ3v) is 7.87. The molecule has 3 amide bonds. The summed E-state index contributed by atoms with van der Waals surface area (Å²) in [5.41, 5.74) is 5.02. The van der Waals surface area contributed by atoms with Crippen LogP contribution in [0.4, 0.5) is 10.1 Å². The van der Waals surface area contributed by atoms with Crippen LogP contribution in [0.25, 0.3) is 11.6 Å². The number of aryl methyl sites for hydroxylation is 1.